The van der Waals surface area contributed by atoms with E-state index in [2.05, 4.69) is 0 Å². The van der Waals surface area contributed by atoms with Crippen LogP contribution in [0.4, 0.5) is 0 Å². The van der Waals surface area contributed by atoms with Crippen LogP contribution in [0.25, 0.3) is 0 Å². The van der Waals surface area contributed by atoms with Crippen molar-refractivity contribution in [1.82, 2.24) is 4.31 Å². The molecule has 1 fully saturated rings. The van der Waals surface area contributed by atoms with Gasteiger partial charge in [0.05, 0.1) is 15.2 Å². The number of ether oxygens (including phenoxy) is 1. The lowest BCUT2D eigenvalue weighted by Crippen LogP contribution is -2.42. The van der Waals surface area contributed by atoms with Gasteiger partial charge in [-0.25, -0.2) is 21.1 Å². The summed E-state index contributed by atoms with van der Waals surface area (Å²) in [6.45, 7) is 7.76. The van der Waals surface area contributed by atoms with E-state index in [4.69, 9.17) is 4.74 Å². The molecule has 0 aromatic carbocycles. The van der Waals surface area contributed by atoms with Gasteiger partial charge >= 0.3 is 0 Å². The second kappa shape index (κ2) is 7.15. The summed E-state index contributed by atoms with van der Waals surface area (Å²) >= 11 is 0. The highest BCUT2D eigenvalue weighted by Crippen LogP contribution is 2.23. The van der Waals surface area contributed by atoms with Crippen LogP contribution in [0.1, 0.15) is 47.0 Å². The van der Waals surface area contributed by atoms with Crippen LogP contribution in [-0.2, 0) is 24.6 Å². The molecule has 0 aromatic rings. The number of sulfonamides is 1. The normalized spacial score (nSPS) is 20.3. The van der Waals surface area contributed by atoms with E-state index in [9.17, 15) is 16.8 Å². The van der Waals surface area contributed by atoms with Crippen molar-refractivity contribution in [1.29, 1.82) is 0 Å². The second-order valence-corrected chi connectivity index (χ2v) is 12.4. The fourth-order valence-electron chi connectivity index (χ4n) is 2.45. The highest BCUT2D eigenvalue weighted by molar-refractivity contribution is 7.92. The number of hydrogen-bond acceptors (Lipinski definition) is 5. The first-order valence-electron chi connectivity index (χ1n) is 7.67. The lowest BCUT2D eigenvalue weighted by atomic mass is 10.2. The van der Waals surface area contributed by atoms with Crippen LogP contribution < -0.4 is 0 Å². The third-order valence-corrected chi connectivity index (χ3v) is 9.54. The van der Waals surface area contributed by atoms with E-state index >= 15 is 0 Å². The molecule has 0 saturated carbocycles. The molecular weight excluding hydrogens is 326 g/mol. The lowest BCUT2D eigenvalue weighted by molar-refractivity contribution is 0.0982. The summed E-state index contributed by atoms with van der Waals surface area (Å²) in [5, 5.41) is -0.908. The first kappa shape index (κ1) is 19.9. The van der Waals surface area contributed by atoms with Gasteiger partial charge in [-0.05, 0) is 47.0 Å². The van der Waals surface area contributed by atoms with Crippen LogP contribution in [0.2, 0.25) is 0 Å². The van der Waals surface area contributed by atoms with Crippen molar-refractivity contribution in [2.45, 2.75) is 62.2 Å². The SMILES string of the molecule is CC(CCN(C)S(=O)(=O)C(C)(C)C)S(=O)(=O)C1CCOCC1. The maximum absolute atomic E-state index is 12.5. The van der Waals surface area contributed by atoms with Crippen molar-refractivity contribution in [2.75, 3.05) is 26.8 Å². The van der Waals surface area contributed by atoms with Crippen LogP contribution in [0.3, 0.4) is 0 Å². The van der Waals surface area contributed by atoms with Crippen LogP contribution in [0.15, 0.2) is 0 Å². The Labute approximate surface area is 135 Å². The van der Waals surface area contributed by atoms with Gasteiger partial charge in [-0.2, -0.15) is 0 Å². The molecule has 0 aliphatic carbocycles. The van der Waals surface area contributed by atoms with Crippen LogP contribution >= 0.6 is 0 Å². The van der Waals surface area contributed by atoms with Crippen molar-refractivity contribution in [3.05, 3.63) is 0 Å². The molecule has 1 atom stereocenters. The van der Waals surface area contributed by atoms with E-state index in [1.165, 1.54) is 11.4 Å². The molecule has 0 spiro atoms. The average Bonchev–Trinajstić information content (AvgIpc) is 2.43. The van der Waals surface area contributed by atoms with Gasteiger partial charge in [0.15, 0.2) is 9.84 Å². The molecule has 8 heteroatoms. The highest BCUT2D eigenvalue weighted by Gasteiger charge is 2.35. The maximum atomic E-state index is 12.5. The zero-order valence-electron chi connectivity index (χ0n) is 14.2. The van der Waals surface area contributed by atoms with Gasteiger partial charge in [-0.3, -0.25) is 0 Å². The number of nitrogens with zero attached hydrogens (tertiary/aromatic N) is 1. The minimum atomic E-state index is -3.42. The molecular formula is C14H29NO5S2. The highest BCUT2D eigenvalue weighted by atomic mass is 32.2. The van der Waals surface area contributed by atoms with Crippen LogP contribution in [0, 0.1) is 0 Å². The van der Waals surface area contributed by atoms with Gasteiger partial charge in [-0.15, -0.1) is 0 Å². The zero-order valence-corrected chi connectivity index (χ0v) is 15.8. The molecule has 1 aliphatic rings. The Morgan fingerprint density at radius 1 is 1.14 bits per heavy atom. The molecule has 1 rings (SSSR count). The summed E-state index contributed by atoms with van der Waals surface area (Å²) in [6, 6.07) is 0. The number of rotatable bonds is 6. The summed E-state index contributed by atoms with van der Waals surface area (Å²) < 4.78 is 55.2. The quantitative estimate of drug-likeness (QED) is 0.720. The van der Waals surface area contributed by atoms with Crippen LogP contribution in [-0.4, -0.2) is 63.2 Å². The molecule has 1 aliphatic heterocycles. The predicted molar refractivity (Wildman–Crippen MR) is 88.1 cm³/mol. The summed E-state index contributed by atoms with van der Waals surface area (Å²) in [6.07, 6.45) is 1.37. The van der Waals surface area contributed by atoms with Crippen LogP contribution in [0.5, 0.6) is 0 Å². The van der Waals surface area contributed by atoms with Gasteiger partial charge in [0.2, 0.25) is 10.0 Å². The fraction of sp³-hybridized carbons (Fsp3) is 1.00. The van der Waals surface area contributed by atoms with Gasteiger partial charge < -0.3 is 4.74 Å². The first-order valence-corrected chi connectivity index (χ1v) is 10.7. The molecule has 6 nitrogen and oxygen atoms in total. The minimum Gasteiger partial charge on any atom is -0.381 e. The fourth-order valence-corrected chi connectivity index (χ4v) is 5.67. The Bertz CT molecular complexity index is 557. The number of sulfone groups is 1. The Hall–Kier alpha value is -0.180. The van der Waals surface area contributed by atoms with Crippen molar-refractivity contribution >= 4 is 19.9 Å². The topological polar surface area (TPSA) is 80.8 Å². The lowest BCUT2D eigenvalue weighted by Gasteiger charge is -2.29. The first-order chi connectivity index (χ1) is 9.90. The molecule has 1 heterocycles. The maximum Gasteiger partial charge on any atom is 0.218 e. The second-order valence-electron chi connectivity index (χ2n) is 6.94. The molecule has 0 amide bonds. The molecule has 0 aromatic heterocycles. The van der Waals surface area contributed by atoms with Gasteiger partial charge in [0, 0.05) is 26.8 Å². The van der Waals surface area contributed by atoms with Crippen molar-refractivity contribution < 1.29 is 21.6 Å². The van der Waals surface area contributed by atoms with Crippen molar-refractivity contribution in [3.63, 3.8) is 0 Å². The van der Waals surface area contributed by atoms with E-state index in [1.807, 2.05) is 0 Å². The van der Waals surface area contributed by atoms with Gasteiger partial charge in [0.25, 0.3) is 0 Å². The molecule has 0 radical (unpaired) electrons. The van der Waals surface area contributed by atoms with E-state index in [-0.39, 0.29) is 11.8 Å². The molecule has 0 bridgehead atoms. The number of hydrogen-bond donors (Lipinski definition) is 0. The van der Waals surface area contributed by atoms with E-state index in [0.717, 1.165) is 0 Å². The smallest absolute Gasteiger partial charge is 0.218 e. The molecule has 1 unspecified atom stereocenters. The van der Waals surface area contributed by atoms with E-state index < -0.39 is 29.9 Å². The third-order valence-electron chi connectivity index (χ3n) is 4.23. The Kier molecular flexibility index (Phi) is 6.46. The molecule has 0 N–H and O–H groups in total. The Morgan fingerprint density at radius 2 is 1.64 bits per heavy atom. The third kappa shape index (κ3) is 4.43. The van der Waals surface area contributed by atoms with E-state index in [1.54, 1.807) is 27.7 Å². The Morgan fingerprint density at radius 3 is 2.09 bits per heavy atom. The average molecular weight is 356 g/mol. The van der Waals surface area contributed by atoms with Gasteiger partial charge in [0.1, 0.15) is 0 Å². The standard InChI is InChI=1S/C14H29NO5S2/c1-12(21(16,17)13-7-10-20-11-8-13)6-9-15(5)22(18,19)14(2,3)4/h12-13H,6-11H2,1-5H3. The molecule has 1 saturated heterocycles. The largest absolute Gasteiger partial charge is 0.381 e. The van der Waals surface area contributed by atoms with Crippen molar-refractivity contribution in [2.24, 2.45) is 0 Å². The minimum absolute atomic E-state index is 0.212. The van der Waals surface area contributed by atoms with Crippen molar-refractivity contribution in [3.8, 4) is 0 Å². The monoisotopic (exact) mass is 355 g/mol. The molecule has 22 heavy (non-hydrogen) atoms. The summed E-state index contributed by atoms with van der Waals surface area (Å²) in [4.78, 5) is 0. The molecule has 132 valence electrons. The predicted octanol–water partition coefficient (Wildman–Crippen LogP) is 1.42. The zero-order chi connectivity index (χ0) is 17.2. The summed E-state index contributed by atoms with van der Waals surface area (Å²) in [7, 11) is -5.16. The summed E-state index contributed by atoms with van der Waals surface area (Å²) in [5.41, 5.74) is 0. The Balaban J connectivity index is 2.67. The van der Waals surface area contributed by atoms with Gasteiger partial charge in [-0.1, -0.05) is 0 Å². The summed E-state index contributed by atoms with van der Waals surface area (Å²) in [5.74, 6) is 0. The van der Waals surface area contributed by atoms with E-state index in [0.29, 0.717) is 32.5 Å².